The molecule has 0 aromatic heterocycles. The fraction of sp³-hybridized carbons (Fsp3) is 1.00. The molecule has 0 saturated carbocycles. The Morgan fingerprint density at radius 1 is 1.50 bits per heavy atom. The van der Waals surface area contributed by atoms with Crippen LogP contribution >= 0.6 is 11.8 Å². The Labute approximate surface area is 115 Å². The van der Waals surface area contributed by atoms with E-state index in [1.54, 1.807) is 16.1 Å². The Hall–Kier alpha value is 0.180. The molecule has 0 aromatic rings. The van der Waals surface area contributed by atoms with E-state index in [1.165, 1.54) is 0 Å². The van der Waals surface area contributed by atoms with Crippen molar-refractivity contribution < 1.29 is 8.42 Å². The standard InChI is InChI=1S/C11H25N3O2S2/c1-10(17-3)7-13-18(15,16)14-6-4-5-11(9-14)8-12-2/h10-13H,4-9H2,1-3H3. The zero-order valence-corrected chi connectivity index (χ0v) is 13.1. The van der Waals surface area contributed by atoms with Gasteiger partial charge in [-0.3, -0.25) is 0 Å². The van der Waals surface area contributed by atoms with Crippen LogP contribution < -0.4 is 10.0 Å². The summed E-state index contributed by atoms with van der Waals surface area (Å²) in [6.07, 6.45) is 4.04. The lowest BCUT2D eigenvalue weighted by molar-refractivity contribution is 0.261. The lowest BCUT2D eigenvalue weighted by atomic mass is 10.00. The van der Waals surface area contributed by atoms with Crippen molar-refractivity contribution in [3.8, 4) is 0 Å². The molecule has 0 aromatic carbocycles. The summed E-state index contributed by atoms with van der Waals surface area (Å²) in [5.41, 5.74) is 0. The van der Waals surface area contributed by atoms with E-state index < -0.39 is 10.2 Å². The summed E-state index contributed by atoms with van der Waals surface area (Å²) >= 11 is 1.67. The summed E-state index contributed by atoms with van der Waals surface area (Å²) in [6, 6.07) is 0. The van der Waals surface area contributed by atoms with Crippen LogP contribution in [0.1, 0.15) is 19.8 Å². The highest BCUT2D eigenvalue weighted by molar-refractivity contribution is 7.99. The predicted molar refractivity (Wildman–Crippen MR) is 78.1 cm³/mol. The van der Waals surface area contributed by atoms with Gasteiger partial charge in [-0.25, -0.2) is 4.72 Å². The number of nitrogens with zero attached hydrogens (tertiary/aromatic N) is 1. The zero-order chi connectivity index (χ0) is 13.6. The number of rotatable bonds is 7. The molecule has 0 spiro atoms. The molecule has 108 valence electrons. The van der Waals surface area contributed by atoms with E-state index in [0.717, 1.165) is 19.4 Å². The van der Waals surface area contributed by atoms with Crippen LogP contribution in [0, 0.1) is 5.92 Å². The van der Waals surface area contributed by atoms with Gasteiger partial charge in [0, 0.05) is 24.9 Å². The van der Waals surface area contributed by atoms with Crippen LogP contribution in [0.25, 0.3) is 0 Å². The summed E-state index contributed by atoms with van der Waals surface area (Å²) in [4.78, 5) is 0. The number of hydrogen-bond acceptors (Lipinski definition) is 4. The highest BCUT2D eigenvalue weighted by Gasteiger charge is 2.28. The number of piperidine rings is 1. The molecule has 2 atom stereocenters. The largest absolute Gasteiger partial charge is 0.319 e. The second kappa shape index (κ2) is 7.69. The van der Waals surface area contributed by atoms with Crippen LogP contribution in [0.2, 0.25) is 0 Å². The highest BCUT2D eigenvalue weighted by Crippen LogP contribution is 2.18. The molecule has 0 amide bonds. The average molecular weight is 295 g/mol. The maximum Gasteiger partial charge on any atom is 0.279 e. The van der Waals surface area contributed by atoms with Gasteiger partial charge >= 0.3 is 0 Å². The van der Waals surface area contributed by atoms with E-state index in [4.69, 9.17) is 0 Å². The number of hydrogen-bond donors (Lipinski definition) is 2. The minimum atomic E-state index is -3.30. The van der Waals surface area contributed by atoms with Crippen LogP contribution in [-0.4, -0.2) is 57.5 Å². The van der Waals surface area contributed by atoms with Crippen LogP contribution in [0.4, 0.5) is 0 Å². The first-order chi connectivity index (χ1) is 8.49. The highest BCUT2D eigenvalue weighted by atomic mass is 32.2. The van der Waals surface area contributed by atoms with Crippen molar-refractivity contribution in [3.05, 3.63) is 0 Å². The predicted octanol–water partition coefficient (Wildman–Crippen LogP) is 0.504. The lowest BCUT2D eigenvalue weighted by Crippen LogP contribution is -2.48. The van der Waals surface area contributed by atoms with E-state index >= 15 is 0 Å². The third kappa shape index (κ3) is 5.05. The normalized spacial score (nSPS) is 24.1. The van der Waals surface area contributed by atoms with Gasteiger partial charge in [-0.1, -0.05) is 6.92 Å². The van der Waals surface area contributed by atoms with Gasteiger partial charge in [0.1, 0.15) is 0 Å². The van der Waals surface area contributed by atoms with E-state index in [0.29, 0.717) is 30.8 Å². The molecule has 7 heteroatoms. The third-order valence-corrected chi connectivity index (χ3v) is 5.78. The van der Waals surface area contributed by atoms with Gasteiger partial charge in [-0.2, -0.15) is 24.5 Å². The van der Waals surface area contributed by atoms with Gasteiger partial charge in [0.05, 0.1) is 0 Å². The summed E-state index contributed by atoms with van der Waals surface area (Å²) < 4.78 is 28.6. The minimum absolute atomic E-state index is 0.303. The quantitative estimate of drug-likeness (QED) is 0.718. The number of thioether (sulfide) groups is 1. The molecule has 1 saturated heterocycles. The molecule has 1 fully saturated rings. The second-order valence-corrected chi connectivity index (χ2v) is 7.86. The van der Waals surface area contributed by atoms with Gasteiger partial charge in [0.2, 0.25) is 0 Å². The van der Waals surface area contributed by atoms with Crippen molar-refractivity contribution in [2.24, 2.45) is 5.92 Å². The fourth-order valence-electron chi connectivity index (χ4n) is 2.10. The van der Waals surface area contributed by atoms with Crippen molar-refractivity contribution in [1.82, 2.24) is 14.3 Å². The van der Waals surface area contributed by atoms with Crippen molar-refractivity contribution in [1.29, 1.82) is 0 Å². The molecule has 1 rings (SSSR count). The smallest absolute Gasteiger partial charge is 0.279 e. The van der Waals surface area contributed by atoms with Crippen molar-refractivity contribution in [3.63, 3.8) is 0 Å². The molecule has 2 unspecified atom stereocenters. The van der Waals surface area contributed by atoms with Gasteiger partial charge in [0.15, 0.2) is 0 Å². The third-order valence-electron chi connectivity index (χ3n) is 3.27. The Morgan fingerprint density at radius 3 is 2.83 bits per heavy atom. The second-order valence-electron chi connectivity index (χ2n) is 4.82. The Kier molecular flexibility index (Phi) is 6.94. The minimum Gasteiger partial charge on any atom is -0.319 e. The first kappa shape index (κ1) is 16.2. The molecule has 1 heterocycles. The first-order valence-electron chi connectivity index (χ1n) is 6.41. The lowest BCUT2D eigenvalue weighted by Gasteiger charge is -2.32. The van der Waals surface area contributed by atoms with Gasteiger partial charge < -0.3 is 5.32 Å². The molecule has 0 aliphatic carbocycles. The summed E-state index contributed by atoms with van der Waals surface area (Å²) in [5, 5.41) is 3.43. The summed E-state index contributed by atoms with van der Waals surface area (Å²) in [6.45, 7) is 4.67. The molecule has 5 nitrogen and oxygen atoms in total. The van der Waals surface area contributed by atoms with Crippen molar-refractivity contribution in [2.75, 3.05) is 39.5 Å². The average Bonchev–Trinajstić information content (AvgIpc) is 2.37. The Balaban J connectivity index is 2.50. The van der Waals surface area contributed by atoms with E-state index in [2.05, 4.69) is 10.0 Å². The molecule has 2 N–H and O–H groups in total. The first-order valence-corrected chi connectivity index (χ1v) is 9.14. The molecule has 18 heavy (non-hydrogen) atoms. The Bertz CT molecular complexity index is 333. The summed E-state index contributed by atoms with van der Waals surface area (Å²) in [5.74, 6) is 0.429. The van der Waals surface area contributed by atoms with Crippen LogP contribution in [-0.2, 0) is 10.2 Å². The molecular weight excluding hydrogens is 270 g/mol. The zero-order valence-electron chi connectivity index (χ0n) is 11.5. The number of nitrogens with one attached hydrogen (secondary N) is 2. The monoisotopic (exact) mass is 295 g/mol. The van der Waals surface area contributed by atoms with Gasteiger partial charge in [-0.15, -0.1) is 0 Å². The van der Waals surface area contributed by atoms with Crippen molar-refractivity contribution in [2.45, 2.75) is 25.0 Å². The van der Waals surface area contributed by atoms with Crippen LogP contribution in [0.5, 0.6) is 0 Å². The van der Waals surface area contributed by atoms with E-state index in [1.807, 2.05) is 20.2 Å². The molecule has 1 aliphatic rings. The topological polar surface area (TPSA) is 61.4 Å². The summed E-state index contributed by atoms with van der Waals surface area (Å²) in [7, 11) is -1.39. The van der Waals surface area contributed by atoms with Gasteiger partial charge in [-0.05, 0) is 38.6 Å². The SMILES string of the molecule is CNCC1CCCN(S(=O)(=O)NCC(C)SC)C1. The van der Waals surface area contributed by atoms with Crippen molar-refractivity contribution >= 4 is 22.0 Å². The molecule has 1 aliphatic heterocycles. The maximum absolute atomic E-state index is 12.1. The fourth-order valence-corrected chi connectivity index (χ4v) is 3.87. The van der Waals surface area contributed by atoms with E-state index in [-0.39, 0.29) is 0 Å². The van der Waals surface area contributed by atoms with E-state index in [9.17, 15) is 8.42 Å². The Morgan fingerprint density at radius 2 is 2.22 bits per heavy atom. The van der Waals surface area contributed by atoms with Crippen LogP contribution in [0.3, 0.4) is 0 Å². The van der Waals surface area contributed by atoms with Gasteiger partial charge in [0.25, 0.3) is 10.2 Å². The molecule has 0 bridgehead atoms. The molecular formula is C11H25N3O2S2. The van der Waals surface area contributed by atoms with Crippen LogP contribution in [0.15, 0.2) is 0 Å². The molecule has 0 radical (unpaired) electrons. The maximum atomic E-state index is 12.1.